The Morgan fingerprint density at radius 2 is 1.54 bits per heavy atom. The van der Waals surface area contributed by atoms with Crippen molar-refractivity contribution in [1.82, 2.24) is 24.6 Å². The van der Waals surface area contributed by atoms with E-state index in [0.717, 1.165) is 81.3 Å². The second kappa shape index (κ2) is 7.23. The van der Waals surface area contributed by atoms with Gasteiger partial charge in [0.05, 0.1) is 19.4 Å². The molecular formula is C19H24N8O. The molecule has 0 aromatic carbocycles. The summed E-state index contributed by atoms with van der Waals surface area (Å²) in [5.41, 5.74) is 1.04. The smallest absolute Gasteiger partial charge is 0.154 e. The van der Waals surface area contributed by atoms with Crippen LogP contribution in [0.1, 0.15) is 5.82 Å². The van der Waals surface area contributed by atoms with Gasteiger partial charge in [-0.25, -0.2) is 19.5 Å². The average Bonchev–Trinajstić information content (AvgIpc) is 3.23. The van der Waals surface area contributed by atoms with Gasteiger partial charge in [0.25, 0.3) is 0 Å². The fraction of sp³-hybridized carbons (Fsp3) is 0.474. The maximum absolute atomic E-state index is 5.46. The highest BCUT2D eigenvalue weighted by Crippen LogP contribution is 2.24. The lowest BCUT2D eigenvalue weighted by molar-refractivity contribution is 0.122. The molecule has 0 spiro atoms. The Morgan fingerprint density at radius 3 is 2.29 bits per heavy atom. The van der Waals surface area contributed by atoms with E-state index in [4.69, 9.17) is 9.72 Å². The van der Waals surface area contributed by atoms with Crippen LogP contribution in [0, 0.1) is 6.92 Å². The number of fused-ring (bicyclic) bond motifs is 1. The summed E-state index contributed by atoms with van der Waals surface area (Å²) >= 11 is 0. The molecule has 9 heteroatoms. The van der Waals surface area contributed by atoms with Crippen molar-refractivity contribution in [2.75, 3.05) is 67.2 Å². The zero-order chi connectivity index (χ0) is 18.9. The summed E-state index contributed by atoms with van der Waals surface area (Å²) < 4.78 is 7.34. The van der Waals surface area contributed by atoms with E-state index < -0.39 is 0 Å². The van der Waals surface area contributed by atoms with Crippen LogP contribution in [0.4, 0.5) is 17.5 Å². The molecule has 3 aromatic rings. The van der Waals surface area contributed by atoms with Gasteiger partial charge in [-0.15, -0.1) is 0 Å². The van der Waals surface area contributed by atoms with Crippen molar-refractivity contribution in [2.24, 2.45) is 0 Å². The molecule has 28 heavy (non-hydrogen) atoms. The molecule has 0 saturated carbocycles. The molecule has 146 valence electrons. The minimum Gasteiger partial charge on any atom is -0.378 e. The Morgan fingerprint density at radius 1 is 0.857 bits per heavy atom. The maximum Gasteiger partial charge on any atom is 0.154 e. The van der Waals surface area contributed by atoms with E-state index in [1.807, 2.05) is 36.1 Å². The van der Waals surface area contributed by atoms with Crippen molar-refractivity contribution < 1.29 is 4.74 Å². The summed E-state index contributed by atoms with van der Waals surface area (Å²) in [6.45, 7) is 8.82. The van der Waals surface area contributed by atoms with Gasteiger partial charge in [-0.3, -0.25) is 0 Å². The molecule has 2 saturated heterocycles. The first-order valence-electron chi connectivity index (χ1n) is 9.74. The Bertz CT molecular complexity index is 959. The zero-order valence-electron chi connectivity index (χ0n) is 16.0. The van der Waals surface area contributed by atoms with Crippen molar-refractivity contribution >= 4 is 23.0 Å². The lowest BCUT2D eigenvalue weighted by Gasteiger charge is -2.36. The summed E-state index contributed by atoms with van der Waals surface area (Å²) in [7, 11) is 0. The van der Waals surface area contributed by atoms with E-state index in [0.29, 0.717) is 0 Å². The van der Waals surface area contributed by atoms with Crippen LogP contribution in [0.3, 0.4) is 0 Å². The fourth-order valence-electron chi connectivity index (χ4n) is 3.89. The Kier molecular flexibility index (Phi) is 4.44. The topological polar surface area (TPSA) is 74.9 Å². The molecule has 5 heterocycles. The number of aryl methyl sites for hydroxylation is 1. The number of anilines is 3. The van der Waals surface area contributed by atoms with Crippen molar-refractivity contribution in [3.8, 4) is 0 Å². The fourth-order valence-corrected chi connectivity index (χ4v) is 3.89. The molecule has 2 aliphatic heterocycles. The first kappa shape index (κ1) is 17.2. The largest absolute Gasteiger partial charge is 0.378 e. The molecule has 0 bridgehead atoms. The van der Waals surface area contributed by atoms with Gasteiger partial charge in [0, 0.05) is 57.7 Å². The molecule has 0 unspecified atom stereocenters. The molecule has 9 nitrogen and oxygen atoms in total. The number of rotatable bonds is 3. The summed E-state index contributed by atoms with van der Waals surface area (Å²) in [6, 6.07) is 4.13. The highest BCUT2D eigenvalue weighted by atomic mass is 16.5. The minimum atomic E-state index is 0.754. The van der Waals surface area contributed by atoms with E-state index in [9.17, 15) is 0 Å². The number of aromatic nitrogens is 5. The van der Waals surface area contributed by atoms with E-state index in [-0.39, 0.29) is 0 Å². The van der Waals surface area contributed by atoms with Gasteiger partial charge in [-0.05, 0) is 13.0 Å². The number of nitrogens with zero attached hydrogens (tertiary/aromatic N) is 8. The highest BCUT2D eigenvalue weighted by molar-refractivity contribution is 5.68. The number of piperazine rings is 1. The SMILES string of the molecule is Cc1nc(N2CCOCC2)cc(N2CCN(c3nccn4nccc34)CC2)n1. The number of hydrogen-bond acceptors (Lipinski definition) is 8. The quantitative estimate of drug-likeness (QED) is 0.666. The summed E-state index contributed by atoms with van der Waals surface area (Å²) in [4.78, 5) is 20.9. The van der Waals surface area contributed by atoms with Crippen LogP contribution >= 0.6 is 0 Å². The number of ether oxygens (including phenoxy) is 1. The Balaban J connectivity index is 1.33. The summed E-state index contributed by atoms with van der Waals surface area (Å²) in [5.74, 6) is 3.81. The van der Waals surface area contributed by atoms with Crippen LogP contribution in [0.25, 0.3) is 5.52 Å². The van der Waals surface area contributed by atoms with Crippen LogP contribution < -0.4 is 14.7 Å². The normalized spacial score (nSPS) is 18.1. The van der Waals surface area contributed by atoms with E-state index in [2.05, 4.69) is 35.8 Å². The molecule has 0 N–H and O–H groups in total. The number of morpholine rings is 1. The molecule has 3 aromatic heterocycles. The molecule has 5 rings (SSSR count). The van der Waals surface area contributed by atoms with Crippen molar-refractivity contribution in [3.05, 3.63) is 36.5 Å². The van der Waals surface area contributed by atoms with Crippen LogP contribution in [-0.4, -0.2) is 77.0 Å². The third-order valence-corrected chi connectivity index (χ3v) is 5.35. The van der Waals surface area contributed by atoms with Crippen molar-refractivity contribution in [2.45, 2.75) is 6.92 Å². The minimum absolute atomic E-state index is 0.754. The summed E-state index contributed by atoms with van der Waals surface area (Å²) in [5, 5.41) is 4.31. The zero-order valence-corrected chi connectivity index (χ0v) is 16.0. The van der Waals surface area contributed by atoms with Crippen LogP contribution in [0.15, 0.2) is 30.7 Å². The standard InChI is InChI=1S/C19H24N8O/c1-15-22-17(14-18(23-15)25-10-12-28-13-11-25)24-6-8-26(9-7-24)19-16-2-3-21-27(16)5-4-20-19/h2-5,14H,6-13H2,1H3. The molecule has 0 amide bonds. The monoisotopic (exact) mass is 380 g/mol. The molecule has 0 radical (unpaired) electrons. The van der Waals surface area contributed by atoms with Crippen molar-refractivity contribution in [1.29, 1.82) is 0 Å². The van der Waals surface area contributed by atoms with Gasteiger partial charge in [0.15, 0.2) is 5.82 Å². The van der Waals surface area contributed by atoms with E-state index in [1.54, 1.807) is 0 Å². The van der Waals surface area contributed by atoms with Gasteiger partial charge < -0.3 is 19.4 Å². The van der Waals surface area contributed by atoms with Gasteiger partial charge in [0.2, 0.25) is 0 Å². The van der Waals surface area contributed by atoms with Gasteiger partial charge in [-0.2, -0.15) is 5.10 Å². The molecular weight excluding hydrogens is 356 g/mol. The van der Waals surface area contributed by atoms with E-state index >= 15 is 0 Å². The van der Waals surface area contributed by atoms with Crippen molar-refractivity contribution in [3.63, 3.8) is 0 Å². The second-order valence-electron chi connectivity index (χ2n) is 7.12. The average molecular weight is 380 g/mol. The third kappa shape index (κ3) is 3.22. The highest BCUT2D eigenvalue weighted by Gasteiger charge is 2.22. The maximum atomic E-state index is 5.46. The van der Waals surface area contributed by atoms with Crippen LogP contribution in [0.2, 0.25) is 0 Å². The molecule has 0 aliphatic carbocycles. The lowest BCUT2D eigenvalue weighted by Crippen LogP contribution is -2.47. The first-order valence-corrected chi connectivity index (χ1v) is 9.74. The molecule has 0 atom stereocenters. The number of hydrogen-bond donors (Lipinski definition) is 0. The first-order chi connectivity index (χ1) is 13.8. The van der Waals surface area contributed by atoms with Crippen LogP contribution in [-0.2, 0) is 4.74 Å². The predicted molar refractivity (Wildman–Crippen MR) is 107 cm³/mol. The molecule has 2 fully saturated rings. The molecule has 2 aliphatic rings. The third-order valence-electron chi connectivity index (χ3n) is 5.35. The van der Waals surface area contributed by atoms with Gasteiger partial charge in [-0.1, -0.05) is 0 Å². The summed E-state index contributed by atoms with van der Waals surface area (Å²) in [6.07, 6.45) is 5.50. The second-order valence-corrected chi connectivity index (χ2v) is 7.12. The predicted octanol–water partition coefficient (Wildman–Crippen LogP) is 0.991. The van der Waals surface area contributed by atoms with Gasteiger partial charge in [0.1, 0.15) is 23.0 Å². The van der Waals surface area contributed by atoms with Gasteiger partial charge >= 0.3 is 0 Å². The lowest BCUT2D eigenvalue weighted by atomic mass is 10.3. The van der Waals surface area contributed by atoms with Crippen LogP contribution in [0.5, 0.6) is 0 Å². The Labute approximate surface area is 163 Å². The van der Waals surface area contributed by atoms with E-state index in [1.165, 1.54) is 0 Å². The Hall–Kier alpha value is -2.94.